The van der Waals surface area contributed by atoms with E-state index in [4.69, 9.17) is 0 Å². The number of pyridine rings is 1. The highest BCUT2D eigenvalue weighted by molar-refractivity contribution is 6.06. The van der Waals surface area contributed by atoms with Gasteiger partial charge in [0.2, 0.25) is 0 Å². The van der Waals surface area contributed by atoms with Crippen molar-refractivity contribution in [1.82, 2.24) is 4.98 Å². The summed E-state index contributed by atoms with van der Waals surface area (Å²) >= 11 is 0. The van der Waals surface area contributed by atoms with E-state index in [0.29, 0.717) is 17.7 Å². The van der Waals surface area contributed by atoms with E-state index in [1.807, 2.05) is 44.2 Å². The molecule has 0 bridgehead atoms. The Morgan fingerprint density at radius 3 is 2.96 bits per heavy atom. The molecule has 0 saturated carbocycles. The van der Waals surface area contributed by atoms with Gasteiger partial charge in [0.15, 0.2) is 0 Å². The van der Waals surface area contributed by atoms with E-state index in [1.165, 1.54) is 0 Å². The molecule has 1 unspecified atom stereocenters. The Kier molecular flexibility index (Phi) is 4.26. The fraction of sp³-hybridized carbons (Fsp3) is 0.263. The van der Waals surface area contributed by atoms with Gasteiger partial charge in [-0.05, 0) is 50.0 Å². The first-order valence-corrected chi connectivity index (χ1v) is 7.77. The molecule has 4 heteroatoms. The summed E-state index contributed by atoms with van der Waals surface area (Å²) in [4.78, 5) is 16.9. The molecule has 0 aromatic carbocycles. The lowest BCUT2D eigenvalue weighted by atomic mass is 10.1. The Morgan fingerprint density at radius 2 is 2.13 bits per heavy atom. The predicted molar refractivity (Wildman–Crippen MR) is 91.0 cm³/mol. The Bertz CT molecular complexity index is 770. The number of carbonyl (C=O) groups excluding carboxylic acids is 1. The summed E-state index contributed by atoms with van der Waals surface area (Å²) in [6.07, 6.45) is 13.9. The van der Waals surface area contributed by atoms with Crippen LogP contribution in [0.1, 0.15) is 36.3 Å². The topological polar surface area (TPSA) is 62.2 Å². The van der Waals surface area contributed by atoms with Crippen LogP contribution in [0.2, 0.25) is 0 Å². The third kappa shape index (κ3) is 3.17. The van der Waals surface area contributed by atoms with Crippen molar-refractivity contribution >= 4 is 11.6 Å². The van der Waals surface area contributed by atoms with Crippen molar-refractivity contribution in [3.63, 3.8) is 0 Å². The average molecular weight is 308 g/mol. The van der Waals surface area contributed by atoms with Crippen LogP contribution in [-0.4, -0.2) is 16.0 Å². The Morgan fingerprint density at radius 1 is 1.30 bits per heavy atom. The van der Waals surface area contributed by atoms with Crippen molar-refractivity contribution in [2.24, 2.45) is 0 Å². The zero-order valence-electron chi connectivity index (χ0n) is 13.3. The molecule has 118 valence electrons. The van der Waals surface area contributed by atoms with E-state index in [1.54, 1.807) is 12.3 Å². The number of nitrogens with zero attached hydrogens (tertiary/aromatic N) is 1. The fourth-order valence-corrected chi connectivity index (χ4v) is 2.92. The molecule has 0 radical (unpaired) electrons. The largest absolute Gasteiger partial charge is 0.387 e. The molecule has 2 aliphatic carbocycles. The Hall–Kier alpha value is -2.46. The number of aliphatic hydroxyl groups is 1. The molecule has 1 atom stereocenters. The molecule has 23 heavy (non-hydrogen) atoms. The number of hydrogen-bond donors (Lipinski definition) is 2. The van der Waals surface area contributed by atoms with E-state index >= 15 is 0 Å². The minimum Gasteiger partial charge on any atom is -0.387 e. The minimum atomic E-state index is -0.482. The molecule has 1 aromatic heterocycles. The Balaban J connectivity index is 1.85. The highest BCUT2D eigenvalue weighted by atomic mass is 16.3. The van der Waals surface area contributed by atoms with Crippen LogP contribution >= 0.6 is 0 Å². The smallest absolute Gasteiger partial charge is 0.255 e. The third-order valence-electron chi connectivity index (χ3n) is 4.23. The fourth-order valence-electron chi connectivity index (χ4n) is 2.92. The first-order chi connectivity index (χ1) is 11.1. The first-order valence-electron chi connectivity index (χ1n) is 7.77. The number of carbonyl (C=O) groups is 1. The van der Waals surface area contributed by atoms with E-state index in [-0.39, 0.29) is 5.91 Å². The predicted octanol–water partition coefficient (Wildman–Crippen LogP) is 3.31. The maximum atomic E-state index is 12.5. The van der Waals surface area contributed by atoms with E-state index < -0.39 is 6.10 Å². The van der Waals surface area contributed by atoms with Crippen molar-refractivity contribution in [2.45, 2.75) is 32.8 Å². The van der Waals surface area contributed by atoms with Crippen LogP contribution in [0.3, 0.4) is 0 Å². The van der Waals surface area contributed by atoms with E-state index in [0.717, 1.165) is 28.8 Å². The van der Waals surface area contributed by atoms with E-state index in [2.05, 4.69) is 10.3 Å². The first kappa shape index (κ1) is 15.4. The molecule has 0 fully saturated rings. The summed E-state index contributed by atoms with van der Waals surface area (Å²) in [5.41, 5.74) is 5.11. The van der Waals surface area contributed by atoms with E-state index in [9.17, 15) is 9.90 Å². The van der Waals surface area contributed by atoms with Crippen LogP contribution in [-0.2, 0) is 11.2 Å². The van der Waals surface area contributed by atoms with Crippen LogP contribution in [0.25, 0.3) is 0 Å². The molecule has 1 amide bonds. The molecule has 0 spiro atoms. The van der Waals surface area contributed by atoms with Gasteiger partial charge in [0.25, 0.3) is 5.91 Å². The number of amides is 1. The van der Waals surface area contributed by atoms with Crippen molar-refractivity contribution in [2.75, 3.05) is 5.32 Å². The monoisotopic (exact) mass is 308 g/mol. The summed E-state index contributed by atoms with van der Waals surface area (Å²) in [5.74, 6) is -0.160. The third-order valence-corrected chi connectivity index (χ3v) is 4.23. The Labute approximate surface area is 135 Å². The molecule has 2 aliphatic rings. The second kappa shape index (κ2) is 6.34. The highest BCUT2D eigenvalue weighted by Gasteiger charge is 2.25. The lowest BCUT2D eigenvalue weighted by Gasteiger charge is -2.13. The summed E-state index contributed by atoms with van der Waals surface area (Å²) in [7, 11) is 0. The number of rotatable bonds is 2. The SMILES string of the molecule is CC1=C/C(C(=O)Nc2cnc3c(c2C)CCC3O)=C\C=C/C=C\1. The molecular formula is C19H20N2O2. The van der Waals surface area contributed by atoms with Gasteiger partial charge in [0.05, 0.1) is 23.7 Å². The van der Waals surface area contributed by atoms with Gasteiger partial charge in [-0.2, -0.15) is 0 Å². The molecular weight excluding hydrogens is 288 g/mol. The van der Waals surface area contributed by atoms with Gasteiger partial charge in [0.1, 0.15) is 0 Å². The second-order valence-electron chi connectivity index (χ2n) is 5.92. The number of aliphatic hydroxyl groups excluding tert-OH is 1. The van der Waals surface area contributed by atoms with Crippen LogP contribution in [0.15, 0.2) is 53.8 Å². The summed E-state index contributed by atoms with van der Waals surface area (Å²) < 4.78 is 0. The second-order valence-corrected chi connectivity index (χ2v) is 5.92. The molecule has 0 saturated heterocycles. The van der Waals surface area contributed by atoms with Crippen LogP contribution < -0.4 is 5.32 Å². The zero-order chi connectivity index (χ0) is 16.4. The lowest BCUT2D eigenvalue weighted by molar-refractivity contribution is -0.112. The number of aromatic nitrogens is 1. The van der Waals surface area contributed by atoms with Crippen molar-refractivity contribution in [3.8, 4) is 0 Å². The average Bonchev–Trinajstić information content (AvgIpc) is 2.87. The highest BCUT2D eigenvalue weighted by Crippen LogP contribution is 2.34. The summed E-state index contributed by atoms with van der Waals surface area (Å²) in [5, 5.41) is 12.8. The number of hydrogen-bond acceptors (Lipinski definition) is 3. The standard InChI is InChI=1S/C19H20N2O2/c1-12-6-4-3-5-7-14(10-12)19(23)21-16-11-20-18-15(13(16)2)8-9-17(18)22/h3-7,10-11,17,22H,8-9H2,1-2H3,(H,21,23)/b4-3?,5-3-,6-4-,7-5?,12-6?,12-10-,14-7+,14-10?. The van der Waals surface area contributed by atoms with Crippen LogP contribution in [0, 0.1) is 6.92 Å². The van der Waals surface area contributed by atoms with Crippen LogP contribution in [0.5, 0.6) is 0 Å². The van der Waals surface area contributed by atoms with Gasteiger partial charge in [-0.1, -0.05) is 29.9 Å². The maximum absolute atomic E-state index is 12.5. The molecule has 0 aliphatic heterocycles. The van der Waals surface area contributed by atoms with Gasteiger partial charge in [0, 0.05) is 5.57 Å². The quantitative estimate of drug-likeness (QED) is 0.881. The molecule has 3 rings (SSSR count). The van der Waals surface area contributed by atoms with Crippen molar-refractivity contribution in [3.05, 3.63) is 70.6 Å². The van der Waals surface area contributed by atoms with Gasteiger partial charge in [-0.25, -0.2) is 0 Å². The normalized spacial score (nSPS) is 26.8. The van der Waals surface area contributed by atoms with Crippen molar-refractivity contribution < 1.29 is 9.90 Å². The number of allylic oxidation sites excluding steroid dienone is 6. The number of anilines is 1. The molecule has 2 N–H and O–H groups in total. The van der Waals surface area contributed by atoms with Gasteiger partial charge in [-0.3, -0.25) is 9.78 Å². The van der Waals surface area contributed by atoms with Gasteiger partial charge < -0.3 is 10.4 Å². The summed E-state index contributed by atoms with van der Waals surface area (Å²) in [6.45, 7) is 3.92. The van der Waals surface area contributed by atoms with Crippen molar-refractivity contribution in [1.29, 1.82) is 0 Å². The van der Waals surface area contributed by atoms with Gasteiger partial charge >= 0.3 is 0 Å². The number of nitrogens with one attached hydrogen (secondary N) is 1. The summed E-state index contributed by atoms with van der Waals surface area (Å²) in [6, 6.07) is 0. The van der Waals surface area contributed by atoms with Crippen LogP contribution in [0.4, 0.5) is 5.69 Å². The minimum absolute atomic E-state index is 0.160. The maximum Gasteiger partial charge on any atom is 0.255 e. The number of fused-ring (bicyclic) bond motifs is 1. The molecule has 1 heterocycles. The molecule has 1 aromatic rings. The lowest BCUT2D eigenvalue weighted by Crippen LogP contribution is -2.15. The van der Waals surface area contributed by atoms with Gasteiger partial charge in [-0.15, -0.1) is 0 Å². The molecule has 4 nitrogen and oxygen atoms in total. The zero-order valence-corrected chi connectivity index (χ0v) is 13.3.